The van der Waals surface area contributed by atoms with Gasteiger partial charge in [0.15, 0.2) is 0 Å². The van der Waals surface area contributed by atoms with Crippen molar-refractivity contribution in [1.82, 2.24) is 14.9 Å². The number of carbonyl (C=O) groups is 4. The fraction of sp³-hybridized carbons (Fsp3) is 0.471. The summed E-state index contributed by atoms with van der Waals surface area (Å²) in [6.07, 6.45) is -0.903. The highest BCUT2D eigenvalue weighted by Gasteiger charge is 2.55. The first-order chi connectivity index (χ1) is 22.0. The highest BCUT2D eigenvalue weighted by Crippen LogP contribution is 2.47. The van der Waals surface area contributed by atoms with Crippen molar-refractivity contribution in [3.63, 3.8) is 0 Å². The van der Waals surface area contributed by atoms with Crippen molar-refractivity contribution in [2.24, 2.45) is 0 Å². The van der Waals surface area contributed by atoms with E-state index >= 15 is 0 Å². The van der Waals surface area contributed by atoms with Crippen molar-refractivity contribution in [2.45, 2.75) is 97.0 Å². The summed E-state index contributed by atoms with van der Waals surface area (Å²) in [5, 5.41) is 3.26. The zero-order chi connectivity index (χ0) is 34.5. The van der Waals surface area contributed by atoms with Gasteiger partial charge < -0.3 is 28.8 Å². The van der Waals surface area contributed by atoms with E-state index in [0.29, 0.717) is 33.8 Å². The lowest BCUT2D eigenvalue weighted by Gasteiger charge is -2.43. The number of hydrogen-bond donors (Lipinski definition) is 1. The van der Waals surface area contributed by atoms with Gasteiger partial charge in [0.05, 0.1) is 35.4 Å². The normalized spacial score (nSPS) is 18.5. The molecule has 2 aliphatic heterocycles. The van der Waals surface area contributed by atoms with E-state index in [1.807, 2.05) is 13.0 Å². The maximum Gasteiger partial charge on any atom is 0.407 e. The topological polar surface area (TPSA) is 152 Å². The van der Waals surface area contributed by atoms with Gasteiger partial charge in [0.1, 0.15) is 25.2 Å². The van der Waals surface area contributed by atoms with Crippen LogP contribution in [0.5, 0.6) is 5.75 Å². The van der Waals surface area contributed by atoms with Gasteiger partial charge in [-0.1, -0.05) is 33.0 Å². The van der Waals surface area contributed by atoms with Gasteiger partial charge in [-0.3, -0.25) is 14.4 Å². The van der Waals surface area contributed by atoms with E-state index in [1.165, 1.54) is 6.92 Å². The van der Waals surface area contributed by atoms with Crippen LogP contribution in [0.3, 0.4) is 0 Å². The van der Waals surface area contributed by atoms with Crippen molar-refractivity contribution >= 4 is 43.0 Å². The number of nitrogens with zero attached hydrogens (tertiary/aromatic N) is 2. The minimum atomic E-state index is -2.36. The van der Waals surface area contributed by atoms with E-state index < -0.39 is 49.0 Å². The molecule has 13 heteroatoms. The Bertz CT molecular complexity index is 1860. The average molecular weight is 664 g/mol. The number of aromatic nitrogens is 2. The first-order valence-electron chi connectivity index (χ1n) is 15.8. The Balaban J connectivity index is 1.58. The number of pyridine rings is 2. The van der Waals surface area contributed by atoms with Crippen LogP contribution in [-0.2, 0) is 40.7 Å². The predicted molar refractivity (Wildman–Crippen MR) is 176 cm³/mol. The molecule has 2 unspecified atom stereocenters. The first kappa shape index (κ1) is 33.8. The third-order valence-electron chi connectivity index (χ3n) is 8.69. The van der Waals surface area contributed by atoms with E-state index in [0.717, 1.165) is 17.0 Å². The molecule has 1 aromatic carbocycles. The number of alkyl carbamates (subject to hydrolysis) is 1. The molecule has 250 valence electrons. The molecule has 5 rings (SSSR count). The van der Waals surface area contributed by atoms with Crippen LogP contribution in [0.15, 0.2) is 35.1 Å². The van der Waals surface area contributed by atoms with Crippen LogP contribution in [0.1, 0.15) is 76.8 Å². The molecule has 0 saturated heterocycles. The number of nitrogens with one attached hydrogen (secondary N) is 1. The zero-order valence-electron chi connectivity index (χ0n) is 28.1. The average Bonchev–Trinajstić information content (AvgIpc) is 3.33. The Morgan fingerprint density at radius 1 is 1.13 bits per heavy atom. The molecular formula is C34H41N3O9Si. The lowest BCUT2D eigenvalue weighted by Crippen LogP contribution is -2.53. The van der Waals surface area contributed by atoms with Crippen molar-refractivity contribution < 1.29 is 38.1 Å². The van der Waals surface area contributed by atoms with Crippen LogP contribution < -0.4 is 15.6 Å². The third-order valence-corrected chi connectivity index (χ3v) is 12.3. The van der Waals surface area contributed by atoms with E-state index in [9.17, 15) is 24.0 Å². The lowest BCUT2D eigenvalue weighted by molar-refractivity contribution is -0.190. The van der Waals surface area contributed by atoms with Gasteiger partial charge in [-0.2, -0.15) is 0 Å². The monoisotopic (exact) mass is 663 g/mol. The summed E-state index contributed by atoms with van der Waals surface area (Å²) in [4.78, 5) is 70.1. The maximum absolute atomic E-state index is 14.5. The number of fused-ring (bicyclic) bond motifs is 5. The number of hydrogen-bond acceptors (Lipinski definition) is 10. The molecule has 3 aromatic rings. The van der Waals surface area contributed by atoms with Crippen LogP contribution >= 0.6 is 0 Å². The molecule has 0 bridgehead atoms. The summed E-state index contributed by atoms with van der Waals surface area (Å²) < 4.78 is 24.1. The molecular weight excluding hydrogens is 622 g/mol. The quantitative estimate of drug-likeness (QED) is 0.114. The fourth-order valence-electron chi connectivity index (χ4n) is 5.98. The summed E-state index contributed by atoms with van der Waals surface area (Å²) in [7, 11) is -2.36. The molecule has 2 aliphatic rings. The number of esters is 3. The first-order valence-corrected chi connectivity index (χ1v) is 19.1. The number of benzene rings is 1. The Morgan fingerprint density at radius 2 is 1.85 bits per heavy atom. The van der Waals surface area contributed by atoms with Crippen LogP contribution in [-0.4, -0.2) is 53.8 Å². The minimum Gasteiger partial charge on any atom is -0.458 e. The van der Waals surface area contributed by atoms with Crippen LogP contribution in [0.4, 0.5) is 4.79 Å². The molecule has 12 nitrogen and oxygen atoms in total. The van der Waals surface area contributed by atoms with Gasteiger partial charge in [0.25, 0.3) is 5.56 Å². The van der Waals surface area contributed by atoms with Gasteiger partial charge in [0, 0.05) is 30.0 Å². The van der Waals surface area contributed by atoms with Crippen molar-refractivity contribution in [2.75, 3.05) is 6.54 Å². The number of rotatable bonds is 8. The van der Waals surface area contributed by atoms with E-state index in [4.69, 9.17) is 23.9 Å². The van der Waals surface area contributed by atoms with Gasteiger partial charge in [0.2, 0.25) is 5.60 Å². The van der Waals surface area contributed by atoms with E-state index in [1.54, 1.807) is 56.5 Å². The summed E-state index contributed by atoms with van der Waals surface area (Å²) in [6.45, 7) is 14.5. The summed E-state index contributed by atoms with van der Waals surface area (Å²) in [5.74, 6) is -1.53. The van der Waals surface area contributed by atoms with Crippen molar-refractivity contribution in [3.8, 4) is 17.1 Å². The molecule has 0 spiro atoms. The summed E-state index contributed by atoms with van der Waals surface area (Å²) >= 11 is 0. The summed E-state index contributed by atoms with van der Waals surface area (Å²) in [6, 6.07) is 9.49. The van der Waals surface area contributed by atoms with Crippen LogP contribution in [0.2, 0.25) is 19.1 Å². The molecule has 1 amide bonds. The van der Waals surface area contributed by atoms with Crippen molar-refractivity contribution in [1.29, 1.82) is 0 Å². The molecule has 47 heavy (non-hydrogen) atoms. The van der Waals surface area contributed by atoms with Gasteiger partial charge in [-0.25, -0.2) is 14.6 Å². The number of cyclic esters (lactones) is 1. The Morgan fingerprint density at radius 3 is 2.49 bits per heavy atom. The molecule has 2 aromatic heterocycles. The lowest BCUT2D eigenvalue weighted by atomic mass is 9.85. The molecule has 1 N–H and O–H groups in total. The zero-order valence-corrected chi connectivity index (χ0v) is 29.1. The van der Waals surface area contributed by atoms with Crippen LogP contribution in [0.25, 0.3) is 22.3 Å². The highest BCUT2D eigenvalue weighted by molar-refractivity contribution is 6.78. The molecule has 0 saturated carbocycles. The Kier molecular flexibility index (Phi) is 8.82. The van der Waals surface area contributed by atoms with E-state index in [-0.39, 0.29) is 31.5 Å². The Hall–Kier alpha value is -4.52. The van der Waals surface area contributed by atoms with Crippen molar-refractivity contribution in [3.05, 3.63) is 57.4 Å². The maximum atomic E-state index is 14.5. The second kappa shape index (κ2) is 12.3. The number of amides is 1. The third kappa shape index (κ3) is 6.40. The molecule has 4 heterocycles. The van der Waals surface area contributed by atoms with Gasteiger partial charge >= 0.3 is 24.0 Å². The SMILES string of the molecule is CCC1(OC(=O)CCNC(=O)OC(C)(C)C)C(=O)OC([Si](C)(C)CC)c2c1cc1n(c2=O)Cc2cc3cc(OC(C)=O)ccc3nc2-1. The van der Waals surface area contributed by atoms with Gasteiger partial charge in [-0.15, -0.1) is 0 Å². The summed E-state index contributed by atoms with van der Waals surface area (Å²) in [5.41, 5.74) is -0.567. The smallest absolute Gasteiger partial charge is 0.407 e. The standard InChI is InChI=1S/C34H41N3O9Si/c1-9-34(45-26(39)13-14-35-32(42)46-33(4,5)6)23-17-25-28-21(15-20-16-22(43-19(3)38)11-12-24(20)36-28)18-37(25)29(40)27(23)30(44-31(34)41)47(7,8)10-2/h11-12,15-17,30H,9-10,13-14,18H2,1-8H3,(H,35,42). The molecule has 0 fully saturated rings. The minimum absolute atomic E-state index is 0.0186. The van der Waals surface area contributed by atoms with E-state index in [2.05, 4.69) is 18.4 Å². The largest absolute Gasteiger partial charge is 0.458 e. The second-order valence-corrected chi connectivity index (χ2v) is 18.9. The Labute approximate surface area is 273 Å². The second-order valence-electron chi connectivity index (χ2n) is 13.7. The predicted octanol–water partition coefficient (Wildman–Crippen LogP) is 5.28. The van der Waals surface area contributed by atoms with Crippen LogP contribution in [0, 0.1) is 0 Å². The molecule has 0 aliphatic carbocycles. The molecule has 0 radical (unpaired) electrons. The van der Waals surface area contributed by atoms with Gasteiger partial charge in [-0.05, 0) is 57.5 Å². The number of ether oxygens (including phenoxy) is 4. The highest BCUT2D eigenvalue weighted by atomic mass is 28.3. The fourth-order valence-corrected chi connectivity index (χ4v) is 7.84. The molecule has 2 atom stereocenters. The number of carbonyl (C=O) groups excluding carboxylic acids is 4.